The van der Waals surface area contributed by atoms with Gasteiger partial charge in [-0.1, -0.05) is 57.5 Å². The smallest absolute Gasteiger partial charge is 0.372 e. The molecule has 1 nitrogen and oxygen atoms in total. The molecule has 0 saturated carbocycles. The molecule has 2 rings (SSSR count). The zero-order valence-corrected chi connectivity index (χ0v) is 17.5. The summed E-state index contributed by atoms with van der Waals surface area (Å²) in [5, 5.41) is -1.12. The van der Waals surface area contributed by atoms with Gasteiger partial charge in [-0.15, -0.1) is 11.6 Å². The molecule has 12 heteroatoms. The molecular formula is C16H10Cl4F6OSi. The second-order valence-corrected chi connectivity index (χ2v) is 13.8. The molecule has 0 heterocycles. The van der Waals surface area contributed by atoms with E-state index in [0.717, 1.165) is 48.5 Å². The summed E-state index contributed by atoms with van der Waals surface area (Å²) in [6.07, 6.45) is -14.0. The van der Waals surface area contributed by atoms with E-state index in [1.54, 1.807) is 0 Å². The normalized spacial score (nSPS) is 15.4. The predicted molar refractivity (Wildman–Crippen MR) is 98.6 cm³/mol. The number of alkyl halides is 7. The van der Waals surface area contributed by atoms with Crippen LogP contribution in [0.15, 0.2) is 48.5 Å². The van der Waals surface area contributed by atoms with Gasteiger partial charge >= 0.3 is 18.6 Å². The summed E-state index contributed by atoms with van der Waals surface area (Å²) >= 11 is 23.6. The van der Waals surface area contributed by atoms with Crippen LogP contribution in [0.1, 0.15) is 33.7 Å². The first-order valence-electron chi connectivity index (χ1n) is 7.41. The third kappa shape index (κ3) is 6.43. The van der Waals surface area contributed by atoms with E-state index < -0.39 is 41.2 Å². The van der Waals surface area contributed by atoms with Gasteiger partial charge in [-0.2, -0.15) is 26.3 Å². The summed E-state index contributed by atoms with van der Waals surface area (Å²) in [5.74, 6) is 0. The van der Waals surface area contributed by atoms with E-state index in [0.29, 0.717) is 0 Å². The van der Waals surface area contributed by atoms with E-state index in [2.05, 4.69) is 0 Å². The Hall–Kier alpha value is -0.643. The molecule has 0 fully saturated rings. The highest BCUT2D eigenvalue weighted by Crippen LogP contribution is 2.43. The van der Waals surface area contributed by atoms with Crippen molar-refractivity contribution in [3.05, 3.63) is 70.8 Å². The molecule has 0 aliphatic carbocycles. The molecule has 0 radical (unpaired) electrons. The van der Waals surface area contributed by atoms with Crippen molar-refractivity contribution in [3.8, 4) is 0 Å². The minimum Gasteiger partial charge on any atom is -0.372 e. The Morgan fingerprint density at radius 3 is 1.36 bits per heavy atom. The van der Waals surface area contributed by atoms with Gasteiger partial charge < -0.3 is 4.43 Å². The number of rotatable bonds is 5. The summed E-state index contributed by atoms with van der Waals surface area (Å²) < 4.78 is 81.7. The number of hydrogen-bond acceptors (Lipinski definition) is 1. The standard InChI is InChI=1S/C16H10Cl4F6OSi/c17-13(9-1-5-11(6-2-9)15(21,22)23)14(27-28(18,19)20)10-3-7-12(8-4-10)16(24,25)26/h1-8,13-14H/t13-,14-/m0/s1. The van der Waals surface area contributed by atoms with Crippen LogP contribution in [0, 0.1) is 0 Å². The van der Waals surface area contributed by atoms with Crippen LogP contribution in [0.2, 0.25) is 0 Å². The van der Waals surface area contributed by atoms with Gasteiger partial charge in [0, 0.05) is 0 Å². The van der Waals surface area contributed by atoms with Gasteiger partial charge in [0.1, 0.15) is 0 Å². The second-order valence-electron chi connectivity index (χ2n) is 5.63. The van der Waals surface area contributed by atoms with Crippen molar-refractivity contribution in [3.63, 3.8) is 0 Å². The number of benzene rings is 2. The average Bonchev–Trinajstić information content (AvgIpc) is 2.57. The van der Waals surface area contributed by atoms with Crippen LogP contribution < -0.4 is 0 Å². The van der Waals surface area contributed by atoms with Crippen LogP contribution in [0.4, 0.5) is 26.3 Å². The maximum absolute atomic E-state index is 12.7. The van der Waals surface area contributed by atoms with Crippen molar-refractivity contribution in [1.82, 2.24) is 0 Å². The van der Waals surface area contributed by atoms with Crippen LogP contribution >= 0.6 is 44.8 Å². The maximum Gasteiger partial charge on any atom is 0.494 e. The van der Waals surface area contributed by atoms with Gasteiger partial charge in [0.2, 0.25) is 0 Å². The zero-order valence-electron chi connectivity index (χ0n) is 13.5. The molecule has 0 aromatic heterocycles. The molecule has 0 bridgehead atoms. The largest absolute Gasteiger partial charge is 0.494 e. The first-order valence-corrected chi connectivity index (χ1v) is 12.8. The highest BCUT2D eigenvalue weighted by atomic mass is 35.8. The molecule has 0 saturated heterocycles. The number of hydrogen-bond donors (Lipinski definition) is 0. The topological polar surface area (TPSA) is 9.23 Å². The Bertz CT molecular complexity index is 787. The molecule has 2 aromatic rings. The lowest BCUT2D eigenvalue weighted by Gasteiger charge is -2.27. The fourth-order valence-electron chi connectivity index (χ4n) is 2.33. The van der Waals surface area contributed by atoms with Crippen LogP contribution in [-0.2, 0) is 16.8 Å². The Morgan fingerprint density at radius 2 is 1.04 bits per heavy atom. The molecule has 0 aliphatic heterocycles. The van der Waals surface area contributed by atoms with Crippen LogP contribution in [0.3, 0.4) is 0 Å². The number of halogens is 10. The third-order valence-corrected chi connectivity index (χ3v) is 5.45. The van der Waals surface area contributed by atoms with Gasteiger partial charge in [0.05, 0.1) is 22.6 Å². The Balaban J connectivity index is 2.37. The Labute approximate surface area is 176 Å². The molecule has 2 aromatic carbocycles. The first-order chi connectivity index (χ1) is 12.7. The minimum atomic E-state index is -4.55. The highest BCUT2D eigenvalue weighted by Gasteiger charge is 2.37. The summed E-state index contributed by atoms with van der Waals surface area (Å²) in [4.78, 5) is 0. The average molecular weight is 502 g/mol. The molecule has 2 atom stereocenters. The van der Waals surface area contributed by atoms with E-state index in [1.807, 2.05) is 0 Å². The van der Waals surface area contributed by atoms with Gasteiger partial charge in [0.15, 0.2) is 0 Å². The van der Waals surface area contributed by atoms with Crippen LogP contribution in [0.25, 0.3) is 0 Å². The van der Waals surface area contributed by atoms with Gasteiger partial charge in [0.25, 0.3) is 0 Å². The van der Waals surface area contributed by atoms with Crippen molar-refractivity contribution in [2.24, 2.45) is 0 Å². The van der Waals surface area contributed by atoms with Crippen LogP contribution in [0.5, 0.6) is 0 Å². The van der Waals surface area contributed by atoms with Crippen molar-refractivity contribution in [2.75, 3.05) is 0 Å². The molecule has 0 N–H and O–H groups in total. The van der Waals surface area contributed by atoms with E-state index in [9.17, 15) is 26.3 Å². The van der Waals surface area contributed by atoms with E-state index in [4.69, 9.17) is 49.3 Å². The molecule has 0 spiro atoms. The molecule has 154 valence electrons. The maximum atomic E-state index is 12.7. The predicted octanol–water partition coefficient (Wildman–Crippen LogP) is 7.91. The first kappa shape index (κ1) is 23.6. The molecule has 0 amide bonds. The van der Waals surface area contributed by atoms with Gasteiger partial charge in [-0.05, 0) is 35.4 Å². The van der Waals surface area contributed by atoms with Crippen LogP contribution in [-0.4, -0.2) is 6.25 Å². The lowest BCUT2D eigenvalue weighted by Crippen LogP contribution is -2.23. The second kappa shape index (κ2) is 8.61. The minimum absolute atomic E-state index is 0.173. The van der Waals surface area contributed by atoms with Crippen molar-refractivity contribution >= 4 is 51.1 Å². The molecule has 0 unspecified atom stereocenters. The Morgan fingerprint density at radius 1 is 0.679 bits per heavy atom. The SMILES string of the molecule is FC(F)(F)c1ccc([C@H](Cl)[C@@H](O[Si](Cl)(Cl)Cl)c2ccc(C(F)(F)F)cc2)cc1. The molecule has 0 aliphatic rings. The van der Waals surface area contributed by atoms with Crippen molar-refractivity contribution < 1.29 is 30.8 Å². The van der Waals surface area contributed by atoms with Crippen molar-refractivity contribution in [1.29, 1.82) is 0 Å². The molecule has 28 heavy (non-hydrogen) atoms. The fourth-order valence-corrected chi connectivity index (χ4v) is 4.19. The summed E-state index contributed by atoms with van der Waals surface area (Å²) in [7, 11) is 0. The molecular weight excluding hydrogens is 492 g/mol. The zero-order chi connectivity index (χ0) is 21.3. The third-order valence-electron chi connectivity index (χ3n) is 3.65. The monoisotopic (exact) mass is 500 g/mol. The van der Waals surface area contributed by atoms with E-state index >= 15 is 0 Å². The quantitative estimate of drug-likeness (QED) is 0.175. The van der Waals surface area contributed by atoms with E-state index in [-0.39, 0.29) is 11.1 Å². The lowest BCUT2D eigenvalue weighted by atomic mass is 9.99. The van der Waals surface area contributed by atoms with Gasteiger partial charge in [-0.25, -0.2) is 0 Å². The fraction of sp³-hybridized carbons (Fsp3) is 0.250. The van der Waals surface area contributed by atoms with Crippen molar-refractivity contribution in [2.45, 2.75) is 23.8 Å². The van der Waals surface area contributed by atoms with E-state index in [1.165, 1.54) is 0 Å². The lowest BCUT2D eigenvalue weighted by molar-refractivity contribution is -0.138. The summed E-state index contributed by atoms with van der Waals surface area (Å²) in [6.45, 7) is 0. The summed E-state index contributed by atoms with van der Waals surface area (Å²) in [5.41, 5.74) is -1.40. The van der Waals surface area contributed by atoms with Gasteiger partial charge in [-0.3, -0.25) is 0 Å². The Kier molecular flexibility index (Phi) is 7.27. The summed E-state index contributed by atoms with van der Waals surface area (Å²) in [6, 6.07) is 7.73. The highest BCUT2D eigenvalue weighted by molar-refractivity contribution is 7.62.